The highest BCUT2D eigenvalue weighted by Crippen LogP contribution is 2.17. The highest BCUT2D eigenvalue weighted by molar-refractivity contribution is 5.93. The summed E-state index contributed by atoms with van der Waals surface area (Å²) in [7, 11) is 1.61. The second-order valence-corrected chi connectivity index (χ2v) is 6.39. The molecular weight excluding hydrogens is 332 g/mol. The second kappa shape index (κ2) is 9.75. The number of imide groups is 1. The van der Waals surface area contributed by atoms with E-state index in [0.717, 1.165) is 29.7 Å². The molecule has 1 aromatic carbocycles. The van der Waals surface area contributed by atoms with Crippen LogP contribution in [0.4, 0.5) is 9.59 Å². The summed E-state index contributed by atoms with van der Waals surface area (Å²) in [4.78, 5) is 38.8. The van der Waals surface area contributed by atoms with E-state index < -0.39 is 12.1 Å². The Balaban J connectivity index is 1.86. The predicted molar refractivity (Wildman–Crippen MR) is 98.6 cm³/mol. The number of hydrogen-bond donors (Lipinski definition) is 0. The van der Waals surface area contributed by atoms with Crippen LogP contribution in [0.3, 0.4) is 0 Å². The largest absolute Gasteiger partial charge is 0.444 e. The molecule has 26 heavy (non-hydrogen) atoms. The van der Waals surface area contributed by atoms with Crippen molar-refractivity contribution >= 4 is 17.9 Å². The third-order valence-electron chi connectivity index (χ3n) is 4.36. The maximum Gasteiger partial charge on any atom is 0.418 e. The summed E-state index contributed by atoms with van der Waals surface area (Å²) >= 11 is 0. The normalized spacial score (nSPS) is 17.2. The minimum Gasteiger partial charge on any atom is -0.444 e. The zero-order valence-corrected chi connectivity index (χ0v) is 15.4. The van der Waals surface area contributed by atoms with Gasteiger partial charge in [-0.15, -0.1) is 0 Å². The molecule has 1 unspecified atom stereocenters. The van der Waals surface area contributed by atoms with Crippen LogP contribution in [0.2, 0.25) is 0 Å². The topological polar surface area (TPSA) is 66.9 Å². The number of benzene rings is 1. The van der Waals surface area contributed by atoms with Gasteiger partial charge in [0.25, 0.3) is 0 Å². The molecule has 0 spiro atoms. The molecule has 6 nitrogen and oxygen atoms in total. The Morgan fingerprint density at radius 3 is 2.65 bits per heavy atom. The number of urea groups is 1. The first kappa shape index (κ1) is 19.7. The van der Waals surface area contributed by atoms with Crippen molar-refractivity contribution in [1.82, 2.24) is 9.80 Å². The molecule has 6 heteroatoms. The van der Waals surface area contributed by atoms with Crippen LogP contribution in [0.15, 0.2) is 42.5 Å². The summed E-state index contributed by atoms with van der Waals surface area (Å²) in [5.41, 5.74) is 0.856. The molecule has 0 radical (unpaired) electrons. The lowest BCUT2D eigenvalue weighted by atomic mass is 10.1. The van der Waals surface area contributed by atoms with E-state index in [4.69, 9.17) is 4.74 Å². The van der Waals surface area contributed by atoms with Gasteiger partial charge in [0.15, 0.2) is 5.78 Å². The molecule has 1 fully saturated rings. The Morgan fingerprint density at radius 2 is 1.96 bits per heavy atom. The number of ketones is 1. The number of unbranched alkanes of at least 4 members (excludes halogenated alkanes) is 2. The number of rotatable bonds is 8. The van der Waals surface area contributed by atoms with Crippen molar-refractivity contribution in [1.29, 1.82) is 0 Å². The van der Waals surface area contributed by atoms with Crippen LogP contribution in [-0.4, -0.2) is 47.3 Å². The SMILES string of the molecule is CCCCCC(=O)C=CC1CN(C(=O)OCc2ccccc2)C(=O)N1C. The molecule has 140 valence electrons. The van der Waals surface area contributed by atoms with Gasteiger partial charge in [0, 0.05) is 13.5 Å². The first-order chi connectivity index (χ1) is 12.5. The van der Waals surface area contributed by atoms with E-state index in [1.807, 2.05) is 30.3 Å². The number of carbonyl (C=O) groups excluding carboxylic acids is 3. The average Bonchev–Trinajstić information content (AvgIpc) is 2.94. The smallest absolute Gasteiger partial charge is 0.418 e. The van der Waals surface area contributed by atoms with Crippen LogP contribution >= 0.6 is 0 Å². The van der Waals surface area contributed by atoms with Gasteiger partial charge < -0.3 is 9.64 Å². The standard InChI is InChI=1S/C20H26N2O4/c1-3-4-6-11-18(23)13-12-17-14-22(19(24)21(17)2)20(25)26-15-16-9-7-5-8-10-16/h5,7-10,12-13,17H,3-4,6,11,14-15H2,1-2H3. The maximum atomic E-state index is 12.3. The fourth-order valence-electron chi connectivity index (χ4n) is 2.71. The van der Waals surface area contributed by atoms with E-state index in [2.05, 4.69) is 6.92 Å². The molecule has 2 rings (SSSR count). The lowest BCUT2D eigenvalue weighted by Gasteiger charge is -2.14. The van der Waals surface area contributed by atoms with Crippen molar-refractivity contribution < 1.29 is 19.1 Å². The van der Waals surface area contributed by atoms with E-state index in [1.165, 1.54) is 11.0 Å². The summed E-state index contributed by atoms with van der Waals surface area (Å²) in [6, 6.07) is 8.55. The van der Waals surface area contributed by atoms with Gasteiger partial charge in [0.1, 0.15) is 6.61 Å². The molecule has 0 aliphatic carbocycles. The Kier molecular flexibility index (Phi) is 7.38. The number of carbonyl (C=O) groups is 3. The Bertz CT molecular complexity index is 657. The molecule has 1 heterocycles. The fraction of sp³-hybridized carbons (Fsp3) is 0.450. The predicted octanol–water partition coefficient (Wildman–Crippen LogP) is 3.76. The summed E-state index contributed by atoms with van der Waals surface area (Å²) < 4.78 is 5.22. The van der Waals surface area contributed by atoms with Crippen molar-refractivity contribution in [3.05, 3.63) is 48.0 Å². The number of ether oxygens (including phenoxy) is 1. The summed E-state index contributed by atoms with van der Waals surface area (Å²) in [6.07, 6.45) is 6.02. The lowest BCUT2D eigenvalue weighted by molar-refractivity contribution is -0.114. The van der Waals surface area contributed by atoms with Crippen LogP contribution in [0, 0.1) is 0 Å². The molecule has 1 aliphatic heterocycles. The van der Waals surface area contributed by atoms with Gasteiger partial charge >= 0.3 is 12.1 Å². The molecular formula is C20H26N2O4. The molecule has 1 aliphatic rings. The van der Waals surface area contributed by atoms with Crippen molar-refractivity contribution in [2.75, 3.05) is 13.6 Å². The minimum atomic E-state index is -0.670. The number of amides is 3. The van der Waals surface area contributed by atoms with Crippen LogP contribution in [0.5, 0.6) is 0 Å². The van der Waals surface area contributed by atoms with Crippen LogP contribution in [0.1, 0.15) is 38.2 Å². The molecule has 1 aromatic rings. The highest BCUT2D eigenvalue weighted by atomic mass is 16.6. The molecule has 0 saturated carbocycles. The van der Waals surface area contributed by atoms with Gasteiger partial charge in [0.2, 0.25) is 0 Å². The Hall–Kier alpha value is -2.63. The van der Waals surface area contributed by atoms with E-state index >= 15 is 0 Å². The van der Waals surface area contributed by atoms with Gasteiger partial charge in [0.05, 0.1) is 12.6 Å². The van der Waals surface area contributed by atoms with E-state index in [9.17, 15) is 14.4 Å². The van der Waals surface area contributed by atoms with Gasteiger partial charge in [-0.2, -0.15) is 0 Å². The number of allylic oxidation sites excluding steroid dienone is 1. The van der Waals surface area contributed by atoms with E-state index in [-0.39, 0.29) is 25.0 Å². The van der Waals surface area contributed by atoms with Gasteiger partial charge in [-0.1, -0.05) is 56.2 Å². The third-order valence-corrected chi connectivity index (χ3v) is 4.36. The van der Waals surface area contributed by atoms with Crippen molar-refractivity contribution in [2.45, 2.75) is 45.3 Å². The van der Waals surface area contributed by atoms with Crippen LogP contribution in [0.25, 0.3) is 0 Å². The Morgan fingerprint density at radius 1 is 1.23 bits per heavy atom. The van der Waals surface area contributed by atoms with Crippen molar-refractivity contribution in [3.8, 4) is 0 Å². The summed E-state index contributed by atoms with van der Waals surface area (Å²) in [6.45, 7) is 2.39. The summed E-state index contributed by atoms with van der Waals surface area (Å²) in [5, 5.41) is 0. The zero-order chi connectivity index (χ0) is 18.9. The molecule has 1 atom stereocenters. The first-order valence-corrected chi connectivity index (χ1v) is 8.99. The molecule has 0 aromatic heterocycles. The summed E-state index contributed by atoms with van der Waals surface area (Å²) in [5.74, 6) is 0.0457. The highest BCUT2D eigenvalue weighted by Gasteiger charge is 2.38. The molecule has 1 saturated heterocycles. The number of likely N-dealkylation sites (N-methyl/N-ethyl adjacent to an activating group) is 1. The second-order valence-electron chi connectivity index (χ2n) is 6.39. The molecule has 0 N–H and O–H groups in total. The Labute approximate surface area is 154 Å². The van der Waals surface area contributed by atoms with Gasteiger partial charge in [-0.25, -0.2) is 14.5 Å². The lowest BCUT2D eigenvalue weighted by Crippen LogP contribution is -2.35. The van der Waals surface area contributed by atoms with Crippen molar-refractivity contribution in [3.63, 3.8) is 0 Å². The molecule has 0 bridgehead atoms. The minimum absolute atomic E-state index is 0.0457. The average molecular weight is 358 g/mol. The third kappa shape index (κ3) is 5.44. The molecule has 3 amide bonds. The fourth-order valence-corrected chi connectivity index (χ4v) is 2.71. The van der Waals surface area contributed by atoms with Crippen LogP contribution in [-0.2, 0) is 16.1 Å². The maximum absolute atomic E-state index is 12.3. The van der Waals surface area contributed by atoms with E-state index in [0.29, 0.717) is 6.42 Å². The van der Waals surface area contributed by atoms with E-state index in [1.54, 1.807) is 13.1 Å². The zero-order valence-electron chi connectivity index (χ0n) is 15.4. The monoisotopic (exact) mass is 358 g/mol. The number of nitrogens with zero attached hydrogens (tertiary/aromatic N) is 2. The van der Waals surface area contributed by atoms with Gasteiger partial charge in [-0.3, -0.25) is 4.79 Å². The van der Waals surface area contributed by atoms with Crippen LogP contribution < -0.4 is 0 Å². The van der Waals surface area contributed by atoms with Crippen molar-refractivity contribution in [2.24, 2.45) is 0 Å². The quantitative estimate of drug-likeness (QED) is 0.524. The number of hydrogen-bond acceptors (Lipinski definition) is 4. The first-order valence-electron chi connectivity index (χ1n) is 8.99. The van der Waals surface area contributed by atoms with Gasteiger partial charge in [-0.05, 0) is 18.1 Å².